The second-order valence-electron chi connectivity index (χ2n) is 11.0. The number of anilines is 1. The molecule has 4 aromatic carbocycles. The second kappa shape index (κ2) is 15.5. The van der Waals surface area contributed by atoms with Crippen LogP contribution in [0.3, 0.4) is 0 Å². The minimum atomic E-state index is 0.929. The van der Waals surface area contributed by atoms with E-state index in [4.69, 9.17) is 4.74 Å². The van der Waals surface area contributed by atoms with Crippen LogP contribution in [-0.2, 0) is 17.6 Å². The summed E-state index contributed by atoms with van der Waals surface area (Å²) in [6.07, 6.45) is 15.2. The number of rotatable bonds is 17. The van der Waals surface area contributed by atoms with Crippen molar-refractivity contribution < 1.29 is 4.74 Å². The molecular formula is C36H47NO. The number of aryl methyl sites for hydroxylation is 2. The zero-order valence-corrected chi connectivity index (χ0v) is 23.8. The van der Waals surface area contributed by atoms with Gasteiger partial charge in [0.1, 0.15) is 0 Å². The first-order valence-corrected chi connectivity index (χ1v) is 15.0. The summed E-state index contributed by atoms with van der Waals surface area (Å²) in [5, 5.41) is 5.55. The van der Waals surface area contributed by atoms with Gasteiger partial charge in [-0.1, -0.05) is 105 Å². The van der Waals surface area contributed by atoms with Crippen molar-refractivity contribution in [1.29, 1.82) is 0 Å². The lowest BCUT2D eigenvalue weighted by atomic mass is 9.94. The van der Waals surface area contributed by atoms with Gasteiger partial charge < -0.3 is 9.64 Å². The predicted molar refractivity (Wildman–Crippen MR) is 167 cm³/mol. The van der Waals surface area contributed by atoms with Crippen molar-refractivity contribution in [2.24, 2.45) is 0 Å². The molecule has 38 heavy (non-hydrogen) atoms. The number of fused-ring (bicyclic) bond motifs is 3. The van der Waals surface area contributed by atoms with Gasteiger partial charge in [0.25, 0.3) is 0 Å². The zero-order chi connectivity index (χ0) is 26.4. The minimum Gasteiger partial charge on any atom is -0.381 e. The number of hydrogen-bond donors (Lipinski definition) is 0. The monoisotopic (exact) mass is 509 g/mol. The standard InChI is InChI=1S/C36H47NO/c1-37(2)33-25-23-30(24-26-33)17-9-5-3-7-15-27-38-28-16-8-4-6-10-18-31-29-32-19-11-12-20-34(32)36-22-14-13-21-35(31)36/h11-14,19-26,29H,3-10,15-18,27-28H2,1-2H3. The molecule has 0 amide bonds. The molecule has 0 spiro atoms. The van der Waals surface area contributed by atoms with Crippen molar-refractivity contribution in [2.75, 3.05) is 32.2 Å². The topological polar surface area (TPSA) is 12.5 Å². The van der Waals surface area contributed by atoms with Gasteiger partial charge in [-0.05, 0) is 83.3 Å². The van der Waals surface area contributed by atoms with E-state index in [0.29, 0.717) is 0 Å². The first-order valence-electron chi connectivity index (χ1n) is 15.0. The van der Waals surface area contributed by atoms with E-state index in [0.717, 1.165) is 13.2 Å². The fourth-order valence-corrected chi connectivity index (χ4v) is 5.51. The largest absolute Gasteiger partial charge is 0.381 e. The summed E-state index contributed by atoms with van der Waals surface area (Å²) >= 11 is 0. The van der Waals surface area contributed by atoms with Gasteiger partial charge >= 0.3 is 0 Å². The third-order valence-corrected chi connectivity index (χ3v) is 7.80. The van der Waals surface area contributed by atoms with E-state index in [9.17, 15) is 0 Å². The molecule has 2 nitrogen and oxygen atoms in total. The maximum absolute atomic E-state index is 5.90. The van der Waals surface area contributed by atoms with Crippen LogP contribution in [-0.4, -0.2) is 27.3 Å². The van der Waals surface area contributed by atoms with Crippen LogP contribution < -0.4 is 4.90 Å². The van der Waals surface area contributed by atoms with Gasteiger partial charge in [0.05, 0.1) is 0 Å². The molecule has 0 saturated heterocycles. The second-order valence-corrected chi connectivity index (χ2v) is 11.0. The summed E-state index contributed by atoms with van der Waals surface area (Å²) in [5.41, 5.74) is 4.24. The van der Waals surface area contributed by atoms with Crippen LogP contribution in [0.25, 0.3) is 21.5 Å². The van der Waals surface area contributed by atoms with E-state index >= 15 is 0 Å². The Morgan fingerprint density at radius 1 is 0.526 bits per heavy atom. The van der Waals surface area contributed by atoms with Crippen molar-refractivity contribution in [3.05, 3.63) is 90.0 Å². The number of unbranched alkanes of at least 4 members (excludes halogenated alkanes) is 8. The van der Waals surface area contributed by atoms with Crippen molar-refractivity contribution >= 4 is 27.2 Å². The lowest BCUT2D eigenvalue weighted by Crippen LogP contribution is -2.08. The van der Waals surface area contributed by atoms with Gasteiger partial charge in [0.2, 0.25) is 0 Å². The van der Waals surface area contributed by atoms with Crippen LogP contribution in [0.5, 0.6) is 0 Å². The highest BCUT2D eigenvalue weighted by Crippen LogP contribution is 2.29. The molecule has 0 aromatic heterocycles. The minimum absolute atomic E-state index is 0.929. The molecule has 0 bridgehead atoms. The molecule has 2 heteroatoms. The van der Waals surface area contributed by atoms with E-state index < -0.39 is 0 Å². The van der Waals surface area contributed by atoms with Gasteiger partial charge in [0.15, 0.2) is 0 Å². The average Bonchev–Trinajstić information content (AvgIpc) is 2.95. The lowest BCUT2D eigenvalue weighted by Gasteiger charge is -2.12. The summed E-state index contributed by atoms with van der Waals surface area (Å²) in [5.74, 6) is 0. The van der Waals surface area contributed by atoms with Crippen LogP contribution in [0.15, 0.2) is 78.9 Å². The van der Waals surface area contributed by atoms with E-state index in [-0.39, 0.29) is 0 Å². The van der Waals surface area contributed by atoms with Crippen molar-refractivity contribution in [1.82, 2.24) is 0 Å². The maximum Gasteiger partial charge on any atom is 0.0466 e. The molecule has 0 radical (unpaired) electrons. The Labute approximate surface area is 231 Å². The molecule has 0 aliphatic rings. The number of nitrogens with zero attached hydrogens (tertiary/aromatic N) is 1. The Morgan fingerprint density at radius 3 is 1.76 bits per heavy atom. The highest BCUT2D eigenvalue weighted by atomic mass is 16.5. The highest BCUT2D eigenvalue weighted by Gasteiger charge is 2.06. The van der Waals surface area contributed by atoms with Crippen molar-refractivity contribution in [3.8, 4) is 0 Å². The predicted octanol–water partition coefficient (Wildman–Crippen LogP) is 9.76. The van der Waals surface area contributed by atoms with E-state index in [1.807, 2.05) is 0 Å². The summed E-state index contributed by atoms with van der Waals surface area (Å²) < 4.78 is 5.90. The Kier molecular flexibility index (Phi) is 11.5. The third-order valence-electron chi connectivity index (χ3n) is 7.80. The van der Waals surface area contributed by atoms with Crippen LogP contribution in [0.2, 0.25) is 0 Å². The van der Waals surface area contributed by atoms with Gasteiger partial charge in [-0.15, -0.1) is 0 Å². The Bertz CT molecular complexity index is 1230. The van der Waals surface area contributed by atoms with E-state index in [2.05, 4.69) is 97.9 Å². The Balaban J connectivity index is 0.988. The van der Waals surface area contributed by atoms with Crippen LogP contribution in [0, 0.1) is 0 Å². The number of ether oxygens (including phenoxy) is 1. The SMILES string of the molecule is CN(C)c1ccc(CCCCCCCOCCCCCCCc2cc3ccccc3c3ccccc23)cc1. The van der Waals surface area contributed by atoms with Gasteiger partial charge in [0, 0.05) is 33.0 Å². The summed E-state index contributed by atoms with van der Waals surface area (Å²) in [7, 11) is 4.19. The van der Waals surface area contributed by atoms with Crippen molar-refractivity contribution in [2.45, 2.75) is 77.0 Å². The zero-order valence-electron chi connectivity index (χ0n) is 23.8. The average molecular weight is 510 g/mol. The summed E-state index contributed by atoms with van der Waals surface area (Å²) in [4.78, 5) is 2.15. The molecule has 4 rings (SSSR count). The molecule has 0 atom stereocenters. The Hall–Kier alpha value is -2.84. The van der Waals surface area contributed by atoms with Crippen LogP contribution in [0.1, 0.15) is 75.3 Å². The van der Waals surface area contributed by atoms with Gasteiger partial charge in [-0.2, -0.15) is 0 Å². The van der Waals surface area contributed by atoms with Gasteiger partial charge in [-0.3, -0.25) is 0 Å². The summed E-state index contributed by atoms with van der Waals surface area (Å²) in [6, 6.07) is 29.1. The van der Waals surface area contributed by atoms with Crippen LogP contribution >= 0.6 is 0 Å². The van der Waals surface area contributed by atoms with Gasteiger partial charge in [-0.25, -0.2) is 0 Å². The fourth-order valence-electron chi connectivity index (χ4n) is 5.51. The quantitative estimate of drug-likeness (QED) is 0.104. The van der Waals surface area contributed by atoms with E-state index in [1.165, 1.54) is 115 Å². The van der Waals surface area contributed by atoms with Crippen LogP contribution in [0.4, 0.5) is 5.69 Å². The molecule has 0 N–H and O–H groups in total. The molecule has 0 heterocycles. The number of hydrogen-bond acceptors (Lipinski definition) is 2. The lowest BCUT2D eigenvalue weighted by molar-refractivity contribution is 0.125. The Morgan fingerprint density at radius 2 is 1.08 bits per heavy atom. The third kappa shape index (κ3) is 8.60. The summed E-state index contributed by atoms with van der Waals surface area (Å²) in [6.45, 7) is 1.86. The number of benzene rings is 4. The first-order chi connectivity index (χ1) is 18.7. The van der Waals surface area contributed by atoms with Crippen molar-refractivity contribution in [3.63, 3.8) is 0 Å². The molecule has 4 aromatic rings. The van der Waals surface area contributed by atoms with E-state index in [1.54, 1.807) is 0 Å². The fraction of sp³-hybridized carbons (Fsp3) is 0.444. The normalized spacial score (nSPS) is 11.4. The smallest absolute Gasteiger partial charge is 0.0466 e. The molecule has 0 saturated carbocycles. The maximum atomic E-state index is 5.90. The first kappa shape index (κ1) is 28.2. The molecule has 202 valence electrons. The molecular weight excluding hydrogens is 462 g/mol. The molecule has 0 fully saturated rings. The molecule has 0 aliphatic carbocycles. The highest BCUT2D eigenvalue weighted by molar-refractivity contribution is 6.08. The molecule has 0 aliphatic heterocycles. The molecule has 0 unspecified atom stereocenters.